The minimum Gasteiger partial charge on any atom is -0.357 e. The predicted octanol–water partition coefficient (Wildman–Crippen LogP) is -0.513. The van der Waals surface area contributed by atoms with Crippen molar-refractivity contribution in [3.8, 4) is 0 Å². The molecular formula is C12H15N3O4. The van der Waals surface area contributed by atoms with Crippen LogP contribution in [-0.2, 0) is 25.8 Å². The fourth-order valence-corrected chi connectivity index (χ4v) is 1.60. The Balaban J connectivity index is 1.79. The summed E-state index contributed by atoms with van der Waals surface area (Å²) in [5.74, 6) is -0.964. The number of carbonyl (C=O) groups is 2. The summed E-state index contributed by atoms with van der Waals surface area (Å²) >= 11 is 0. The van der Waals surface area contributed by atoms with Crippen LogP contribution in [0.3, 0.4) is 0 Å². The SMILES string of the molecule is CN1CCOC(C(=O)NOCc2cccnc2)C1=O. The minimum absolute atomic E-state index is 0.177. The monoisotopic (exact) mass is 265 g/mol. The van der Waals surface area contributed by atoms with E-state index in [2.05, 4.69) is 10.5 Å². The van der Waals surface area contributed by atoms with E-state index in [4.69, 9.17) is 9.57 Å². The van der Waals surface area contributed by atoms with E-state index in [1.807, 2.05) is 6.07 Å². The van der Waals surface area contributed by atoms with Crippen molar-refractivity contribution in [2.24, 2.45) is 0 Å². The fourth-order valence-electron chi connectivity index (χ4n) is 1.60. The highest BCUT2D eigenvalue weighted by Crippen LogP contribution is 2.05. The molecule has 102 valence electrons. The molecule has 7 nitrogen and oxygen atoms in total. The quantitative estimate of drug-likeness (QED) is 0.585. The number of hydrogen-bond acceptors (Lipinski definition) is 5. The van der Waals surface area contributed by atoms with Gasteiger partial charge in [0.2, 0.25) is 6.10 Å². The van der Waals surface area contributed by atoms with Crippen LogP contribution in [0, 0.1) is 0 Å². The smallest absolute Gasteiger partial charge is 0.282 e. The average molecular weight is 265 g/mol. The fraction of sp³-hybridized carbons (Fsp3) is 0.417. The van der Waals surface area contributed by atoms with Gasteiger partial charge in [0, 0.05) is 26.0 Å². The molecule has 1 aliphatic heterocycles. The normalized spacial score (nSPS) is 19.3. The minimum atomic E-state index is -1.13. The largest absolute Gasteiger partial charge is 0.357 e. The molecule has 1 aromatic rings. The van der Waals surface area contributed by atoms with Gasteiger partial charge in [0.15, 0.2) is 0 Å². The second kappa shape index (κ2) is 6.26. The van der Waals surface area contributed by atoms with Crippen LogP contribution in [0.4, 0.5) is 0 Å². The van der Waals surface area contributed by atoms with Crippen molar-refractivity contribution in [2.75, 3.05) is 20.2 Å². The molecule has 1 saturated heterocycles. The molecule has 1 aromatic heterocycles. The Hall–Kier alpha value is -1.99. The lowest BCUT2D eigenvalue weighted by atomic mass is 10.2. The first-order valence-electron chi connectivity index (χ1n) is 5.85. The Kier molecular flexibility index (Phi) is 4.43. The van der Waals surface area contributed by atoms with Crippen molar-refractivity contribution in [3.05, 3.63) is 30.1 Å². The van der Waals surface area contributed by atoms with Crippen molar-refractivity contribution in [1.29, 1.82) is 0 Å². The number of rotatable bonds is 4. The number of amides is 2. The Bertz CT molecular complexity index is 452. The number of likely N-dealkylation sites (N-methyl/N-ethyl adjacent to an activating group) is 1. The number of hydrogen-bond donors (Lipinski definition) is 1. The van der Waals surface area contributed by atoms with E-state index in [-0.39, 0.29) is 12.5 Å². The lowest BCUT2D eigenvalue weighted by molar-refractivity contribution is -0.165. The number of hydroxylamine groups is 1. The maximum atomic E-state index is 11.7. The number of pyridine rings is 1. The molecule has 1 N–H and O–H groups in total. The van der Waals surface area contributed by atoms with E-state index < -0.39 is 12.0 Å². The Morgan fingerprint density at radius 1 is 1.68 bits per heavy atom. The number of aromatic nitrogens is 1. The third-order valence-corrected chi connectivity index (χ3v) is 2.68. The molecule has 0 radical (unpaired) electrons. The zero-order valence-electron chi connectivity index (χ0n) is 10.5. The van der Waals surface area contributed by atoms with Gasteiger partial charge in [0.05, 0.1) is 6.61 Å². The van der Waals surface area contributed by atoms with E-state index in [1.54, 1.807) is 25.5 Å². The van der Waals surface area contributed by atoms with Crippen molar-refractivity contribution >= 4 is 11.8 Å². The highest BCUT2D eigenvalue weighted by atomic mass is 16.7. The van der Waals surface area contributed by atoms with Gasteiger partial charge in [-0.15, -0.1) is 0 Å². The van der Waals surface area contributed by atoms with Gasteiger partial charge >= 0.3 is 0 Å². The first-order valence-corrected chi connectivity index (χ1v) is 5.85. The Morgan fingerprint density at radius 3 is 3.26 bits per heavy atom. The lowest BCUT2D eigenvalue weighted by Gasteiger charge is -2.28. The molecule has 1 unspecified atom stereocenters. The van der Waals surface area contributed by atoms with E-state index in [1.165, 1.54) is 4.90 Å². The van der Waals surface area contributed by atoms with Crippen molar-refractivity contribution < 1.29 is 19.2 Å². The van der Waals surface area contributed by atoms with E-state index in [0.717, 1.165) is 5.56 Å². The summed E-state index contributed by atoms with van der Waals surface area (Å²) in [7, 11) is 1.63. The molecule has 2 heterocycles. The second-order valence-corrected chi connectivity index (χ2v) is 4.13. The number of nitrogens with one attached hydrogen (secondary N) is 1. The van der Waals surface area contributed by atoms with E-state index >= 15 is 0 Å². The van der Waals surface area contributed by atoms with Crippen LogP contribution in [-0.4, -0.2) is 48.0 Å². The Morgan fingerprint density at radius 2 is 2.53 bits per heavy atom. The molecule has 0 bridgehead atoms. The van der Waals surface area contributed by atoms with Gasteiger partial charge < -0.3 is 9.64 Å². The van der Waals surface area contributed by atoms with Crippen LogP contribution < -0.4 is 5.48 Å². The van der Waals surface area contributed by atoms with Crippen LogP contribution >= 0.6 is 0 Å². The second-order valence-electron chi connectivity index (χ2n) is 4.13. The number of nitrogens with zero attached hydrogens (tertiary/aromatic N) is 2. The molecule has 0 aromatic carbocycles. The van der Waals surface area contributed by atoms with E-state index in [9.17, 15) is 9.59 Å². The van der Waals surface area contributed by atoms with Gasteiger partial charge in [-0.05, 0) is 11.6 Å². The molecule has 2 amide bonds. The van der Waals surface area contributed by atoms with Crippen LogP contribution in [0.25, 0.3) is 0 Å². The zero-order chi connectivity index (χ0) is 13.7. The van der Waals surface area contributed by atoms with Crippen LogP contribution in [0.15, 0.2) is 24.5 Å². The Labute approximate surface area is 110 Å². The topological polar surface area (TPSA) is 80.8 Å². The molecule has 1 atom stereocenters. The van der Waals surface area contributed by atoms with Crippen LogP contribution in [0.2, 0.25) is 0 Å². The molecule has 0 spiro atoms. The summed E-state index contributed by atoms with van der Waals surface area (Å²) < 4.78 is 5.13. The standard InChI is InChI=1S/C12H15N3O4/c1-15-5-6-18-10(12(15)17)11(16)14-19-8-9-3-2-4-13-7-9/h2-4,7,10H,5-6,8H2,1H3,(H,14,16). The molecule has 7 heteroatoms. The van der Waals surface area contributed by atoms with Gasteiger partial charge in [-0.25, -0.2) is 5.48 Å². The molecule has 0 aliphatic carbocycles. The molecular weight excluding hydrogens is 250 g/mol. The molecule has 1 aliphatic rings. The maximum Gasteiger partial charge on any atom is 0.282 e. The van der Waals surface area contributed by atoms with Gasteiger partial charge in [-0.3, -0.25) is 19.4 Å². The number of carbonyl (C=O) groups excluding carboxylic acids is 2. The molecule has 0 saturated carbocycles. The van der Waals surface area contributed by atoms with Gasteiger partial charge in [-0.1, -0.05) is 6.07 Å². The maximum absolute atomic E-state index is 11.7. The summed E-state index contributed by atoms with van der Waals surface area (Å²) in [4.78, 5) is 33.8. The van der Waals surface area contributed by atoms with Crippen LogP contribution in [0.5, 0.6) is 0 Å². The van der Waals surface area contributed by atoms with Gasteiger partial charge in [0.25, 0.3) is 11.8 Å². The first-order chi connectivity index (χ1) is 9.18. The van der Waals surface area contributed by atoms with E-state index in [0.29, 0.717) is 13.2 Å². The summed E-state index contributed by atoms with van der Waals surface area (Å²) in [5.41, 5.74) is 3.03. The predicted molar refractivity (Wildman–Crippen MR) is 64.5 cm³/mol. The first kappa shape index (κ1) is 13.4. The third kappa shape index (κ3) is 3.49. The summed E-state index contributed by atoms with van der Waals surface area (Å²) in [6.45, 7) is 0.998. The van der Waals surface area contributed by atoms with Crippen molar-refractivity contribution in [3.63, 3.8) is 0 Å². The van der Waals surface area contributed by atoms with Crippen LogP contribution in [0.1, 0.15) is 5.56 Å². The van der Waals surface area contributed by atoms with Gasteiger partial charge in [-0.2, -0.15) is 0 Å². The highest BCUT2D eigenvalue weighted by Gasteiger charge is 2.33. The van der Waals surface area contributed by atoms with Gasteiger partial charge in [0.1, 0.15) is 6.61 Å². The summed E-state index contributed by atoms with van der Waals surface area (Å²) in [6, 6.07) is 3.58. The van der Waals surface area contributed by atoms with Crippen molar-refractivity contribution in [1.82, 2.24) is 15.4 Å². The number of ether oxygens (including phenoxy) is 1. The average Bonchev–Trinajstić information content (AvgIpc) is 2.43. The zero-order valence-corrected chi connectivity index (χ0v) is 10.5. The lowest BCUT2D eigenvalue weighted by Crippen LogP contribution is -2.52. The molecule has 1 fully saturated rings. The highest BCUT2D eigenvalue weighted by molar-refractivity contribution is 6.03. The van der Waals surface area contributed by atoms with Crippen molar-refractivity contribution in [2.45, 2.75) is 12.7 Å². The summed E-state index contributed by atoms with van der Waals surface area (Å²) in [6.07, 6.45) is 2.14. The third-order valence-electron chi connectivity index (χ3n) is 2.68. The summed E-state index contributed by atoms with van der Waals surface area (Å²) in [5, 5.41) is 0. The molecule has 19 heavy (non-hydrogen) atoms. The number of morpholine rings is 1. The molecule has 2 rings (SSSR count).